The van der Waals surface area contributed by atoms with Crippen LogP contribution in [0.4, 0.5) is 18.9 Å². The minimum absolute atomic E-state index is 0.0434. The van der Waals surface area contributed by atoms with E-state index in [1.807, 2.05) is 6.07 Å². The minimum atomic E-state index is -4.36. The van der Waals surface area contributed by atoms with Gasteiger partial charge in [-0.1, -0.05) is 0 Å². The van der Waals surface area contributed by atoms with Crippen LogP contribution in [-0.2, 0) is 19.3 Å². The average Bonchev–Trinajstić information content (AvgIpc) is 2.89. The maximum absolute atomic E-state index is 12.7. The largest absolute Gasteiger partial charge is 0.467 e. The topological polar surface area (TPSA) is 42.4 Å². The molecule has 0 aliphatic heterocycles. The van der Waals surface area contributed by atoms with E-state index in [0.717, 1.165) is 17.9 Å². The number of hydrogen-bond donors (Lipinski definition) is 1. The number of halogens is 3. The highest BCUT2D eigenvalue weighted by Gasteiger charge is 2.31. The third kappa shape index (κ3) is 3.14. The quantitative estimate of drug-likeness (QED) is 0.935. The zero-order valence-corrected chi connectivity index (χ0v) is 10.9. The highest BCUT2D eigenvalue weighted by Crippen LogP contribution is 2.32. The first-order chi connectivity index (χ1) is 9.41. The molecule has 1 aromatic carbocycles. The van der Waals surface area contributed by atoms with Gasteiger partial charge in [-0.05, 0) is 35.9 Å². The third-order valence-electron chi connectivity index (χ3n) is 3.01. The van der Waals surface area contributed by atoms with E-state index in [-0.39, 0.29) is 6.54 Å². The molecule has 0 bridgehead atoms. The first kappa shape index (κ1) is 14.5. The van der Waals surface area contributed by atoms with Gasteiger partial charge in [-0.25, -0.2) is 0 Å². The molecule has 0 aliphatic rings. The number of nitrogens with two attached hydrogens (primary N) is 1. The van der Waals surface area contributed by atoms with E-state index in [4.69, 9.17) is 10.2 Å². The molecule has 0 saturated carbocycles. The maximum Gasteiger partial charge on any atom is 0.416 e. The van der Waals surface area contributed by atoms with Crippen molar-refractivity contribution in [2.24, 2.45) is 5.73 Å². The van der Waals surface area contributed by atoms with Crippen LogP contribution in [-0.4, -0.2) is 7.05 Å². The lowest BCUT2D eigenvalue weighted by Crippen LogP contribution is -2.19. The van der Waals surface area contributed by atoms with E-state index in [2.05, 4.69) is 0 Å². The predicted octanol–water partition coefficient (Wildman–Crippen LogP) is 3.39. The maximum atomic E-state index is 12.7. The fourth-order valence-electron chi connectivity index (χ4n) is 2.02. The number of anilines is 1. The zero-order chi connectivity index (χ0) is 14.8. The molecule has 0 amide bonds. The number of hydrogen-bond acceptors (Lipinski definition) is 3. The average molecular weight is 284 g/mol. The highest BCUT2D eigenvalue weighted by atomic mass is 19.4. The van der Waals surface area contributed by atoms with Crippen molar-refractivity contribution in [1.82, 2.24) is 0 Å². The van der Waals surface area contributed by atoms with E-state index >= 15 is 0 Å². The fourth-order valence-corrected chi connectivity index (χ4v) is 2.02. The second-order valence-corrected chi connectivity index (χ2v) is 4.48. The molecule has 108 valence electrons. The van der Waals surface area contributed by atoms with Crippen LogP contribution in [0.25, 0.3) is 0 Å². The first-order valence-corrected chi connectivity index (χ1v) is 6.05. The summed E-state index contributed by atoms with van der Waals surface area (Å²) in [6.07, 6.45) is -2.80. The van der Waals surface area contributed by atoms with Gasteiger partial charge in [0.25, 0.3) is 0 Å². The van der Waals surface area contributed by atoms with Crippen molar-refractivity contribution in [2.45, 2.75) is 19.3 Å². The lowest BCUT2D eigenvalue weighted by atomic mass is 10.1. The Hall–Kier alpha value is -1.95. The van der Waals surface area contributed by atoms with Crippen LogP contribution < -0.4 is 10.6 Å². The van der Waals surface area contributed by atoms with Gasteiger partial charge in [-0.3, -0.25) is 0 Å². The Bertz CT molecular complexity index is 564. The van der Waals surface area contributed by atoms with Gasteiger partial charge in [0.05, 0.1) is 18.4 Å². The van der Waals surface area contributed by atoms with Crippen LogP contribution in [0.15, 0.2) is 41.0 Å². The van der Waals surface area contributed by atoms with Gasteiger partial charge in [0.15, 0.2) is 0 Å². The summed E-state index contributed by atoms with van der Waals surface area (Å²) in [5.74, 6) is 0.732. The Kier molecular flexibility index (Phi) is 4.04. The van der Waals surface area contributed by atoms with Crippen molar-refractivity contribution < 1.29 is 17.6 Å². The minimum Gasteiger partial charge on any atom is -0.467 e. The molecule has 0 spiro atoms. The summed E-state index contributed by atoms with van der Waals surface area (Å²) in [6, 6.07) is 7.16. The SMILES string of the molecule is CN(Cc1ccco1)c1ccc(C(F)(F)F)cc1CN. The molecule has 1 heterocycles. The lowest BCUT2D eigenvalue weighted by Gasteiger charge is -2.22. The van der Waals surface area contributed by atoms with E-state index < -0.39 is 11.7 Å². The van der Waals surface area contributed by atoms with E-state index in [1.165, 1.54) is 6.07 Å². The normalized spacial score (nSPS) is 11.7. The molecule has 0 fully saturated rings. The summed E-state index contributed by atoms with van der Waals surface area (Å²) < 4.78 is 43.2. The molecule has 3 nitrogen and oxygen atoms in total. The molecule has 2 aromatic rings. The van der Waals surface area contributed by atoms with Gasteiger partial charge < -0.3 is 15.1 Å². The molecule has 6 heteroatoms. The molecule has 1 aromatic heterocycles. The van der Waals surface area contributed by atoms with Crippen molar-refractivity contribution in [1.29, 1.82) is 0 Å². The van der Waals surface area contributed by atoms with Crippen LogP contribution in [0.3, 0.4) is 0 Å². The summed E-state index contributed by atoms with van der Waals surface area (Å²) in [4.78, 5) is 1.81. The Labute approximate surface area is 114 Å². The van der Waals surface area contributed by atoms with Crippen molar-refractivity contribution in [3.8, 4) is 0 Å². The molecular weight excluding hydrogens is 269 g/mol. The number of furan rings is 1. The fraction of sp³-hybridized carbons (Fsp3) is 0.286. The Morgan fingerprint density at radius 1 is 1.25 bits per heavy atom. The van der Waals surface area contributed by atoms with Crippen LogP contribution in [0, 0.1) is 0 Å². The van der Waals surface area contributed by atoms with Gasteiger partial charge in [-0.2, -0.15) is 13.2 Å². The van der Waals surface area contributed by atoms with Gasteiger partial charge in [-0.15, -0.1) is 0 Å². The van der Waals surface area contributed by atoms with Crippen molar-refractivity contribution in [2.75, 3.05) is 11.9 Å². The molecule has 0 saturated heterocycles. The van der Waals surface area contributed by atoms with Crippen LogP contribution in [0.2, 0.25) is 0 Å². The number of rotatable bonds is 4. The van der Waals surface area contributed by atoms with Gasteiger partial charge in [0.2, 0.25) is 0 Å². The molecule has 20 heavy (non-hydrogen) atoms. The predicted molar refractivity (Wildman–Crippen MR) is 70.2 cm³/mol. The lowest BCUT2D eigenvalue weighted by molar-refractivity contribution is -0.137. The van der Waals surface area contributed by atoms with Gasteiger partial charge in [0.1, 0.15) is 5.76 Å². The van der Waals surface area contributed by atoms with E-state index in [1.54, 1.807) is 24.3 Å². The van der Waals surface area contributed by atoms with Gasteiger partial charge >= 0.3 is 6.18 Å². The molecule has 0 aliphatic carbocycles. The number of alkyl halides is 3. The molecule has 0 unspecified atom stereocenters. The Balaban J connectivity index is 2.27. The van der Waals surface area contributed by atoms with E-state index in [0.29, 0.717) is 17.8 Å². The molecule has 0 radical (unpaired) electrons. The first-order valence-electron chi connectivity index (χ1n) is 6.05. The smallest absolute Gasteiger partial charge is 0.416 e. The Morgan fingerprint density at radius 2 is 2.00 bits per heavy atom. The van der Waals surface area contributed by atoms with Crippen LogP contribution in [0.5, 0.6) is 0 Å². The molecule has 2 N–H and O–H groups in total. The van der Waals surface area contributed by atoms with Crippen molar-refractivity contribution >= 4 is 5.69 Å². The van der Waals surface area contributed by atoms with Crippen molar-refractivity contribution in [3.05, 3.63) is 53.5 Å². The summed E-state index contributed by atoms with van der Waals surface area (Å²) >= 11 is 0. The summed E-state index contributed by atoms with van der Waals surface area (Å²) in [5, 5.41) is 0. The van der Waals surface area contributed by atoms with Crippen LogP contribution >= 0.6 is 0 Å². The second kappa shape index (κ2) is 5.58. The van der Waals surface area contributed by atoms with E-state index in [9.17, 15) is 13.2 Å². The standard InChI is InChI=1S/C14H15F3N2O/c1-19(9-12-3-2-6-20-12)13-5-4-11(14(15,16)17)7-10(13)8-18/h2-7H,8-9,18H2,1H3. The zero-order valence-electron chi connectivity index (χ0n) is 10.9. The second-order valence-electron chi connectivity index (χ2n) is 4.48. The monoisotopic (exact) mass is 284 g/mol. The van der Waals surface area contributed by atoms with Crippen LogP contribution in [0.1, 0.15) is 16.9 Å². The summed E-state index contributed by atoms with van der Waals surface area (Å²) in [7, 11) is 1.78. The highest BCUT2D eigenvalue weighted by molar-refractivity contribution is 5.55. The Morgan fingerprint density at radius 3 is 2.55 bits per heavy atom. The third-order valence-corrected chi connectivity index (χ3v) is 3.01. The summed E-state index contributed by atoms with van der Waals surface area (Å²) in [5.41, 5.74) is 5.99. The molecule has 0 atom stereocenters. The number of benzene rings is 1. The molecule has 2 rings (SSSR count). The summed E-state index contributed by atoms with van der Waals surface area (Å²) in [6.45, 7) is 0.507. The molecular formula is C14H15F3N2O. The van der Waals surface area contributed by atoms with Crippen molar-refractivity contribution in [3.63, 3.8) is 0 Å². The van der Waals surface area contributed by atoms with Gasteiger partial charge in [0, 0.05) is 19.3 Å². The number of nitrogens with zero attached hydrogens (tertiary/aromatic N) is 1.